The summed E-state index contributed by atoms with van der Waals surface area (Å²) in [4.78, 5) is 8.19. The van der Waals surface area contributed by atoms with Gasteiger partial charge in [-0.15, -0.1) is 0 Å². The molecule has 1 aliphatic heterocycles. The molecule has 0 amide bonds. The molecule has 118 valence electrons. The second-order valence-electron chi connectivity index (χ2n) is 5.65. The minimum absolute atomic E-state index is 1.05. The molecule has 2 aromatic rings. The molecule has 5 heteroatoms. The predicted molar refractivity (Wildman–Crippen MR) is 101 cm³/mol. The number of hydrogen-bond acceptors (Lipinski definition) is 3. The Morgan fingerprint density at radius 3 is 2.77 bits per heavy atom. The van der Waals surface area contributed by atoms with Gasteiger partial charge in [0.25, 0.3) is 0 Å². The number of para-hydroxylation sites is 1. The Morgan fingerprint density at radius 1 is 1.23 bits per heavy atom. The summed E-state index contributed by atoms with van der Waals surface area (Å²) in [6.45, 7) is 7.80. The molecule has 0 bridgehead atoms. The monoisotopic (exact) mass is 333 g/mol. The van der Waals surface area contributed by atoms with Crippen molar-refractivity contribution in [2.75, 3.05) is 38.5 Å². The Hall–Kier alpha value is -1.04. The standard InChI is InChI=1S/C17H23N3S2/c1-2-19-8-10-20(11-9-19)17(21)22-12-7-14-13-18-16-6-4-3-5-15(14)16/h3-6,13,18H,2,7-12H2,1H3. The van der Waals surface area contributed by atoms with Crippen LogP contribution in [0.2, 0.25) is 0 Å². The second-order valence-corrected chi connectivity index (χ2v) is 7.37. The third-order valence-electron chi connectivity index (χ3n) is 4.35. The number of H-pyrrole nitrogens is 1. The molecule has 0 atom stereocenters. The van der Waals surface area contributed by atoms with Crippen molar-refractivity contribution in [2.45, 2.75) is 13.3 Å². The lowest BCUT2D eigenvalue weighted by Gasteiger charge is -2.35. The van der Waals surface area contributed by atoms with Gasteiger partial charge in [0.1, 0.15) is 4.32 Å². The molecule has 3 nitrogen and oxygen atoms in total. The number of rotatable bonds is 4. The summed E-state index contributed by atoms with van der Waals surface area (Å²) in [5, 5.41) is 1.34. The van der Waals surface area contributed by atoms with Crippen molar-refractivity contribution in [2.24, 2.45) is 0 Å². The van der Waals surface area contributed by atoms with E-state index < -0.39 is 0 Å². The SMILES string of the molecule is CCN1CCN(C(=S)SCCc2c[nH]c3ccccc23)CC1. The minimum atomic E-state index is 1.05. The second kappa shape index (κ2) is 7.49. The van der Waals surface area contributed by atoms with Gasteiger partial charge in [-0.3, -0.25) is 0 Å². The largest absolute Gasteiger partial charge is 0.361 e. The number of aromatic nitrogens is 1. The molecule has 0 radical (unpaired) electrons. The lowest BCUT2D eigenvalue weighted by molar-refractivity contribution is 0.193. The highest BCUT2D eigenvalue weighted by Crippen LogP contribution is 2.20. The predicted octanol–water partition coefficient (Wildman–Crippen LogP) is 3.37. The van der Waals surface area contributed by atoms with Crippen molar-refractivity contribution in [1.29, 1.82) is 0 Å². The van der Waals surface area contributed by atoms with Gasteiger partial charge in [0.15, 0.2) is 0 Å². The molecule has 0 unspecified atom stereocenters. The fourth-order valence-corrected chi connectivity index (χ4v) is 4.22. The van der Waals surface area contributed by atoms with E-state index in [0.29, 0.717) is 0 Å². The number of thiocarbonyl (C=S) groups is 1. The molecular weight excluding hydrogens is 310 g/mol. The van der Waals surface area contributed by atoms with Crippen molar-refractivity contribution in [3.8, 4) is 0 Å². The Morgan fingerprint density at radius 2 is 2.00 bits per heavy atom. The van der Waals surface area contributed by atoms with Crippen LogP contribution in [0, 0.1) is 0 Å². The number of fused-ring (bicyclic) bond motifs is 1. The Kier molecular flexibility index (Phi) is 5.39. The van der Waals surface area contributed by atoms with Gasteiger partial charge in [0.05, 0.1) is 0 Å². The van der Waals surface area contributed by atoms with Gasteiger partial charge >= 0.3 is 0 Å². The Labute approximate surface area is 142 Å². The first kappa shape index (κ1) is 15.8. The molecule has 1 aromatic carbocycles. The number of thioether (sulfide) groups is 1. The number of aromatic amines is 1. The first-order chi connectivity index (χ1) is 10.8. The van der Waals surface area contributed by atoms with Gasteiger partial charge in [-0.25, -0.2) is 0 Å². The van der Waals surface area contributed by atoms with Crippen LogP contribution < -0.4 is 0 Å². The van der Waals surface area contributed by atoms with Crippen LogP contribution in [-0.2, 0) is 6.42 Å². The molecule has 2 heterocycles. The highest BCUT2D eigenvalue weighted by atomic mass is 32.2. The number of nitrogens with one attached hydrogen (secondary N) is 1. The van der Waals surface area contributed by atoms with Gasteiger partial charge < -0.3 is 14.8 Å². The van der Waals surface area contributed by atoms with E-state index in [4.69, 9.17) is 12.2 Å². The summed E-state index contributed by atoms with van der Waals surface area (Å²) in [7, 11) is 0. The van der Waals surface area contributed by atoms with Crippen molar-refractivity contribution in [3.63, 3.8) is 0 Å². The van der Waals surface area contributed by atoms with Crippen LogP contribution in [0.1, 0.15) is 12.5 Å². The molecule has 0 saturated carbocycles. The maximum absolute atomic E-state index is 5.60. The Balaban J connectivity index is 1.48. The molecule has 1 aliphatic rings. The van der Waals surface area contributed by atoms with Gasteiger partial charge in [-0.05, 0) is 24.6 Å². The van der Waals surface area contributed by atoms with E-state index in [1.165, 1.54) is 16.5 Å². The van der Waals surface area contributed by atoms with E-state index in [1.54, 1.807) is 0 Å². The number of aryl methyl sites for hydroxylation is 1. The lowest BCUT2D eigenvalue weighted by atomic mass is 10.1. The highest BCUT2D eigenvalue weighted by Gasteiger charge is 2.17. The van der Waals surface area contributed by atoms with Gasteiger partial charge in [0, 0.05) is 49.0 Å². The highest BCUT2D eigenvalue weighted by molar-refractivity contribution is 8.22. The number of hydrogen-bond donors (Lipinski definition) is 1. The zero-order valence-electron chi connectivity index (χ0n) is 13.0. The topological polar surface area (TPSA) is 22.3 Å². The smallest absolute Gasteiger partial charge is 0.136 e. The third kappa shape index (κ3) is 3.65. The van der Waals surface area contributed by atoms with Gasteiger partial charge in [0.2, 0.25) is 0 Å². The quantitative estimate of drug-likeness (QED) is 0.866. The van der Waals surface area contributed by atoms with Crippen LogP contribution in [0.4, 0.5) is 0 Å². The summed E-state index contributed by atoms with van der Waals surface area (Å²) in [6.07, 6.45) is 3.19. The maximum Gasteiger partial charge on any atom is 0.136 e. The fourth-order valence-electron chi connectivity index (χ4n) is 2.92. The molecular formula is C17H23N3S2. The van der Waals surface area contributed by atoms with Crippen LogP contribution >= 0.6 is 24.0 Å². The average Bonchev–Trinajstić information content (AvgIpc) is 2.98. The number of piperazine rings is 1. The van der Waals surface area contributed by atoms with E-state index in [2.05, 4.69) is 52.2 Å². The summed E-state index contributed by atoms with van der Waals surface area (Å²) in [5.74, 6) is 1.05. The van der Waals surface area contributed by atoms with E-state index in [1.807, 2.05) is 11.8 Å². The maximum atomic E-state index is 5.60. The van der Waals surface area contributed by atoms with Crippen LogP contribution in [-0.4, -0.2) is 57.6 Å². The van der Waals surface area contributed by atoms with E-state index >= 15 is 0 Å². The van der Waals surface area contributed by atoms with Crippen molar-refractivity contribution >= 4 is 39.2 Å². The average molecular weight is 334 g/mol. The first-order valence-corrected chi connectivity index (χ1v) is 9.36. The van der Waals surface area contributed by atoms with Crippen molar-refractivity contribution in [3.05, 3.63) is 36.0 Å². The van der Waals surface area contributed by atoms with Crippen molar-refractivity contribution in [1.82, 2.24) is 14.8 Å². The summed E-state index contributed by atoms with van der Waals surface area (Å²) in [6, 6.07) is 8.49. The molecule has 22 heavy (non-hydrogen) atoms. The molecule has 1 N–H and O–H groups in total. The molecule has 1 fully saturated rings. The zero-order chi connectivity index (χ0) is 15.4. The van der Waals surface area contributed by atoms with E-state index in [-0.39, 0.29) is 0 Å². The summed E-state index contributed by atoms with van der Waals surface area (Å²) < 4.78 is 1.07. The molecule has 1 saturated heterocycles. The van der Waals surface area contributed by atoms with Gasteiger partial charge in [-0.2, -0.15) is 0 Å². The third-order valence-corrected chi connectivity index (χ3v) is 5.87. The van der Waals surface area contributed by atoms with Crippen LogP contribution in [0.25, 0.3) is 10.9 Å². The van der Waals surface area contributed by atoms with Crippen molar-refractivity contribution < 1.29 is 0 Å². The number of nitrogens with zero attached hydrogens (tertiary/aromatic N) is 2. The molecule has 3 rings (SSSR count). The minimum Gasteiger partial charge on any atom is -0.361 e. The summed E-state index contributed by atoms with van der Waals surface area (Å²) in [5.41, 5.74) is 2.61. The van der Waals surface area contributed by atoms with E-state index in [0.717, 1.165) is 49.2 Å². The number of benzene rings is 1. The molecule has 1 aromatic heterocycles. The molecule has 0 spiro atoms. The molecule has 0 aliphatic carbocycles. The van der Waals surface area contributed by atoms with Crippen LogP contribution in [0.3, 0.4) is 0 Å². The van der Waals surface area contributed by atoms with Crippen LogP contribution in [0.5, 0.6) is 0 Å². The zero-order valence-corrected chi connectivity index (χ0v) is 14.7. The summed E-state index contributed by atoms with van der Waals surface area (Å²) >= 11 is 7.43. The number of likely N-dealkylation sites (N-methyl/N-ethyl adjacent to an activating group) is 1. The lowest BCUT2D eigenvalue weighted by Crippen LogP contribution is -2.47. The normalized spacial score (nSPS) is 16.3. The van der Waals surface area contributed by atoms with Gasteiger partial charge in [-0.1, -0.05) is 49.1 Å². The van der Waals surface area contributed by atoms with Crippen LogP contribution in [0.15, 0.2) is 30.5 Å². The Bertz CT molecular complexity index is 630. The fraction of sp³-hybridized carbons (Fsp3) is 0.471. The first-order valence-electron chi connectivity index (χ1n) is 7.97. The van der Waals surface area contributed by atoms with E-state index in [9.17, 15) is 0 Å².